The second-order valence-electron chi connectivity index (χ2n) is 5.34. The Bertz CT molecular complexity index is 656. The van der Waals surface area contributed by atoms with Crippen LogP contribution in [0.15, 0.2) is 6.20 Å². The number of rotatable bonds is 8. The second-order valence-corrected chi connectivity index (χ2v) is 5.34. The molecule has 0 aromatic carbocycles. The summed E-state index contributed by atoms with van der Waals surface area (Å²) in [5, 5.41) is 24.3. The Balaban J connectivity index is 0.00000288. The summed E-state index contributed by atoms with van der Waals surface area (Å²) in [6, 6.07) is 0. The summed E-state index contributed by atoms with van der Waals surface area (Å²) in [6.45, 7) is 2.70. The van der Waals surface area contributed by atoms with Crippen molar-refractivity contribution in [2.45, 2.75) is 19.4 Å². The molecule has 9 nitrogen and oxygen atoms in total. The summed E-state index contributed by atoms with van der Waals surface area (Å²) < 4.78 is 0. The first-order valence-corrected chi connectivity index (χ1v) is 7.54. The van der Waals surface area contributed by atoms with Gasteiger partial charge in [0.15, 0.2) is 5.82 Å². The summed E-state index contributed by atoms with van der Waals surface area (Å²) in [6.07, 6.45) is 1.73. The average molecular weight is 358 g/mol. The van der Waals surface area contributed by atoms with E-state index in [9.17, 15) is 5.11 Å². The van der Waals surface area contributed by atoms with Crippen LogP contribution in [0.3, 0.4) is 0 Å². The third-order valence-corrected chi connectivity index (χ3v) is 3.08. The number of fused-ring (bicyclic) bond motifs is 1. The van der Waals surface area contributed by atoms with Crippen LogP contribution in [0, 0.1) is 0 Å². The fraction of sp³-hybridized carbons (Fsp3) is 0.571. The average Bonchev–Trinajstić information content (AvgIpc) is 2.56. The van der Waals surface area contributed by atoms with E-state index < -0.39 is 6.10 Å². The van der Waals surface area contributed by atoms with Crippen LogP contribution in [0.4, 0.5) is 17.7 Å². The SMILES string of the molecule is CCCNc1nc(N(C)C)c2nc(NCC(O)CO)ncc2n1.Cl. The highest BCUT2D eigenvalue weighted by atomic mass is 35.5. The van der Waals surface area contributed by atoms with E-state index in [0.29, 0.717) is 28.7 Å². The van der Waals surface area contributed by atoms with Crippen molar-refractivity contribution in [3.63, 3.8) is 0 Å². The molecular formula is C14H24ClN7O2. The highest BCUT2D eigenvalue weighted by Gasteiger charge is 2.13. The third-order valence-electron chi connectivity index (χ3n) is 3.08. The summed E-state index contributed by atoms with van der Waals surface area (Å²) >= 11 is 0. The van der Waals surface area contributed by atoms with Crippen LogP contribution in [0.1, 0.15) is 13.3 Å². The topological polar surface area (TPSA) is 119 Å². The number of nitrogens with one attached hydrogen (secondary N) is 2. The molecule has 2 heterocycles. The molecule has 4 N–H and O–H groups in total. The van der Waals surface area contributed by atoms with E-state index in [0.717, 1.165) is 13.0 Å². The normalized spacial score (nSPS) is 11.7. The third kappa shape index (κ3) is 5.02. The van der Waals surface area contributed by atoms with Gasteiger partial charge >= 0.3 is 0 Å². The van der Waals surface area contributed by atoms with Crippen molar-refractivity contribution in [2.75, 3.05) is 49.3 Å². The summed E-state index contributed by atoms with van der Waals surface area (Å²) in [5.74, 6) is 1.58. The Morgan fingerprint density at radius 3 is 2.54 bits per heavy atom. The molecule has 134 valence electrons. The fourth-order valence-electron chi connectivity index (χ4n) is 1.90. The van der Waals surface area contributed by atoms with Gasteiger partial charge in [-0.15, -0.1) is 12.4 Å². The lowest BCUT2D eigenvalue weighted by molar-refractivity contribution is 0.105. The minimum absolute atomic E-state index is 0. The van der Waals surface area contributed by atoms with Crippen molar-refractivity contribution < 1.29 is 10.2 Å². The number of aliphatic hydroxyl groups is 2. The van der Waals surface area contributed by atoms with E-state index >= 15 is 0 Å². The molecule has 24 heavy (non-hydrogen) atoms. The van der Waals surface area contributed by atoms with Crippen molar-refractivity contribution in [3.05, 3.63) is 6.20 Å². The Morgan fingerprint density at radius 2 is 1.92 bits per heavy atom. The van der Waals surface area contributed by atoms with E-state index in [1.165, 1.54) is 0 Å². The van der Waals surface area contributed by atoms with Crippen LogP contribution in [-0.2, 0) is 0 Å². The molecule has 2 aromatic heterocycles. The Morgan fingerprint density at radius 1 is 1.17 bits per heavy atom. The van der Waals surface area contributed by atoms with Gasteiger partial charge in [-0.2, -0.15) is 4.98 Å². The number of hydrogen-bond donors (Lipinski definition) is 4. The Hall–Kier alpha value is -1.97. The van der Waals surface area contributed by atoms with Gasteiger partial charge in [0.2, 0.25) is 11.9 Å². The van der Waals surface area contributed by atoms with Crippen LogP contribution in [0.5, 0.6) is 0 Å². The van der Waals surface area contributed by atoms with E-state index in [1.54, 1.807) is 6.20 Å². The van der Waals surface area contributed by atoms with Gasteiger partial charge in [-0.25, -0.2) is 15.0 Å². The summed E-state index contributed by atoms with van der Waals surface area (Å²) in [5.41, 5.74) is 1.25. The highest BCUT2D eigenvalue weighted by Crippen LogP contribution is 2.22. The molecule has 0 spiro atoms. The first kappa shape index (κ1) is 20.1. The maximum absolute atomic E-state index is 9.38. The van der Waals surface area contributed by atoms with E-state index in [4.69, 9.17) is 5.11 Å². The van der Waals surface area contributed by atoms with Gasteiger partial charge in [-0.3, -0.25) is 0 Å². The molecule has 2 aromatic rings. The number of hydrogen-bond acceptors (Lipinski definition) is 9. The van der Waals surface area contributed by atoms with Crippen LogP contribution < -0.4 is 15.5 Å². The van der Waals surface area contributed by atoms with Gasteiger partial charge in [-0.05, 0) is 6.42 Å². The largest absolute Gasteiger partial charge is 0.394 e. The van der Waals surface area contributed by atoms with Gasteiger partial charge in [0.1, 0.15) is 11.0 Å². The lowest BCUT2D eigenvalue weighted by Gasteiger charge is -2.16. The number of aliphatic hydroxyl groups excluding tert-OH is 2. The van der Waals surface area contributed by atoms with Gasteiger partial charge < -0.3 is 25.7 Å². The predicted octanol–water partition coefficient (Wildman–Crippen LogP) is 0.495. The van der Waals surface area contributed by atoms with Crippen LogP contribution in [0.2, 0.25) is 0 Å². The molecule has 0 saturated heterocycles. The van der Waals surface area contributed by atoms with E-state index in [1.807, 2.05) is 19.0 Å². The predicted molar refractivity (Wildman–Crippen MR) is 97.1 cm³/mol. The lowest BCUT2D eigenvalue weighted by Crippen LogP contribution is -2.24. The molecule has 0 radical (unpaired) electrons. The van der Waals surface area contributed by atoms with E-state index in [2.05, 4.69) is 37.5 Å². The summed E-state index contributed by atoms with van der Waals surface area (Å²) in [7, 11) is 3.77. The maximum atomic E-state index is 9.38. The number of anilines is 3. The zero-order valence-electron chi connectivity index (χ0n) is 14.0. The van der Waals surface area contributed by atoms with Crippen LogP contribution in [-0.4, -0.2) is 70.0 Å². The van der Waals surface area contributed by atoms with Gasteiger partial charge in [0.05, 0.1) is 18.9 Å². The monoisotopic (exact) mass is 357 g/mol. The first-order valence-electron chi connectivity index (χ1n) is 7.54. The zero-order valence-corrected chi connectivity index (χ0v) is 14.8. The standard InChI is InChI=1S/C14H23N7O2.ClH/c1-4-5-15-14-18-10-7-17-13(16-6-9(23)8-22)19-11(10)12(20-14)21(2)3;/h7,9,22-23H,4-6,8H2,1-3H3,(H,15,18,20)(H,16,17,19);1H. The molecule has 1 atom stereocenters. The number of aromatic nitrogens is 4. The minimum atomic E-state index is -0.862. The molecule has 0 fully saturated rings. The van der Waals surface area contributed by atoms with E-state index in [-0.39, 0.29) is 25.6 Å². The smallest absolute Gasteiger partial charge is 0.225 e. The molecule has 0 saturated carbocycles. The van der Waals surface area contributed by atoms with Crippen molar-refractivity contribution in [1.82, 2.24) is 19.9 Å². The first-order chi connectivity index (χ1) is 11.0. The molecule has 1 unspecified atom stereocenters. The fourth-order valence-corrected chi connectivity index (χ4v) is 1.90. The number of halogens is 1. The van der Waals surface area contributed by atoms with Crippen LogP contribution >= 0.6 is 12.4 Å². The van der Waals surface area contributed by atoms with Gasteiger partial charge in [0, 0.05) is 27.2 Å². The van der Waals surface area contributed by atoms with Gasteiger partial charge in [0.25, 0.3) is 0 Å². The highest BCUT2D eigenvalue weighted by molar-refractivity contribution is 5.86. The quantitative estimate of drug-likeness (QED) is 0.535. The van der Waals surface area contributed by atoms with Gasteiger partial charge in [-0.1, -0.05) is 6.92 Å². The number of nitrogens with zero attached hydrogens (tertiary/aromatic N) is 5. The lowest BCUT2D eigenvalue weighted by atomic mass is 10.3. The van der Waals surface area contributed by atoms with Crippen LogP contribution in [0.25, 0.3) is 11.0 Å². The van der Waals surface area contributed by atoms with Crippen molar-refractivity contribution in [3.8, 4) is 0 Å². The molecule has 0 aliphatic heterocycles. The molecule has 0 amide bonds. The maximum Gasteiger partial charge on any atom is 0.225 e. The minimum Gasteiger partial charge on any atom is -0.394 e. The molecular weight excluding hydrogens is 334 g/mol. The molecule has 0 aliphatic rings. The molecule has 0 aliphatic carbocycles. The second kappa shape index (κ2) is 9.36. The molecule has 10 heteroatoms. The van der Waals surface area contributed by atoms with Crippen molar-refractivity contribution >= 4 is 41.2 Å². The zero-order chi connectivity index (χ0) is 16.8. The molecule has 2 rings (SSSR count). The van der Waals surface area contributed by atoms with Crippen molar-refractivity contribution in [1.29, 1.82) is 0 Å². The summed E-state index contributed by atoms with van der Waals surface area (Å²) in [4.78, 5) is 19.4. The van der Waals surface area contributed by atoms with Crippen molar-refractivity contribution in [2.24, 2.45) is 0 Å². The Labute approximate surface area is 147 Å². The molecule has 0 bridgehead atoms. The Kier molecular flexibility index (Phi) is 7.83.